The van der Waals surface area contributed by atoms with Gasteiger partial charge in [0.1, 0.15) is 11.4 Å². The van der Waals surface area contributed by atoms with Crippen LogP contribution >= 0.6 is 0 Å². The Morgan fingerprint density at radius 2 is 1.93 bits per heavy atom. The van der Waals surface area contributed by atoms with E-state index in [1.165, 1.54) is 18.2 Å². The van der Waals surface area contributed by atoms with E-state index in [9.17, 15) is 9.18 Å². The lowest BCUT2D eigenvalue weighted by molar-refractivity contribution is 0.240. The number of halogens is 1. The monoisotopic (exact) mass is 378 g/mol. The summed E-state index contributed by atoms with van der Waals surface area (Å²) in [5.74, 6) is -0.212. The average molecular weight is 378 g/mol. The minimum atomic E-state index is -0.332. The normalized spacial score (nSPS) is 16.0. The fourth-order valence-corrected chi connectivity index (χ4v) is 3.66. The second-order valence-corrected chi connectivity index (χ2v) is 7.15. The minimum absolute atomic E-state index is 0.212. The molecule has 1 N–H and O–H groups in total. The summed E-state index contributed by atoms with van der Waals surface area (Å²) in [6.45, 7) is 2.80. The molecule has 0 radical (unpaired) electrons. The zero-order chi connectivity index (χ0) is 19.3. The maximum atomic E-state index is 13.2. The smallest absolute Gasteiger partial charge is 0.338 e. The molecular formula is C23H23FN2O2. The molecule has 2 aromatic carbocycles. The lowest BCUT2D eigenvalue weighted by Gasteiger charge is -2.32. The van der Waals surface area contributed by atoms with E-state index in [-0.39, 0.29) is 11.4 Å². The van der Waals surface area contributed by atoms with Crippen molar-refractivity contribution in [3.05, 3.63) is 82.5 Å². The number of benzene rings is 2. The fraction of sp³-hybridized carbons (Fsp3) is 0.261. The molecule has 1 aromatic heterocycles. The Hall–Kier alpha value is -2.92. The third kappa shape index (κ3) is 4.49. The van der Waals surface area contributed by atoms with Gasteiger partial charge in [0.05, 0.1) is 5.69 Å². The van der Waals surface area contributed by atoms with Crippen LogP contribution in [0.15, 0.2) is 69.9 Å². The molecule has 0 amide bonds. The standard InChI is InChI=1S/C23H23FN2O2/c24-18-7-3-5-17(15-18)6-4-12-26-13-10-19(11-14-26)25-21-16-23(27)28-22-9-2-1-8-20(21)22/h1-9,15-16,19,25H,10-14H2. The van der Waals surface area contributed by atoms with E-state index in [4.69, 9.17) is 4.42 Å². The van der Waals surface area contributed by atoms with Crippen molar-refractivity contribution >= 4 is 22.7 Å². The van der Waals surface area contributed by atoms with Crippen LogP contribution in [-0.4, -0.2) is 30.6 Å². The Bertz CT molecular complexity index is 1040. The lowest BCUT2D eigenvalue weighted by atomic mass is 10.0. The zero-order valence-corrected chi connectivity index (χ0v) is 15.6. The van der Waals surface area contributed by atoms with Gasteiger partial charge in [0.15, 0.2) is 0 Å². The predicted octanol–water partition coefficient (Wildman–Crippen LogP) is 4.52. The molecule has 0 saturated carbocycles. The molecule has 3 aromatic rings. The summed E-state index contributed by atoms with van der Waals surface area (Å²) in [6, 6.07) is 16.1. The quantitative estimate of drug-likeness (QED) is 0.663. The third-order valence-corrected chi connectivity index (χ3v) is 5.12. The second kappa shape index (κ2) is 8.40. The summed E-state index contributed by atoms with van der Waals surface area (Å²) >= 11 is 0. The van der Waals surface area contributed by atoms with E-state index >= 15 is 0 Å². The maximum Gasteiger partial charge on any atom is 0.338 e. The summed E-state index contributed by atoms with van der Waals surface area (Å²) in [6.07, 6.45) is 6.05. The molecule has 2 heterocycles. The molecule has 1 aliphatic rings. The van der Waals surface area contributed by atoms with Crippen LogP contribution < -0.4 is 10.9 Å². The maximum absolute atomic E-state index is 13.2. The van der Waals surface area contributed by atoms with Gasteiger partial charge in [-0.25, -0.2) is 9.18 Å². The van der Waals surface area contributed by atoms with Crippen molar-refractivity contribution in [1.82, 2.24) is 4.90 Å². The van der Waals surface area contributed by atoms with Gasteiger partial charge in [0.25, 0.3) is 0 Å². The molecule has 28 heavy (non-hydrogen) atoms. The van der Waals surface area contributed by atoms with Gasteiger partial charge in [-0.15, -0.1) is 0 Å². The van der Waals surface area contributed by atoms with Crippen LogP contribution in [0.4, 0.5) is 10.1 Å². The molecule has 0 spiro atoms. The Morgan fingerprint density at radius 3 is 2.75 bits per heavy atom. The number of nitrogens with one attached hydrogen (secondary N) is 1. The fourth-order valence-electron chi connectivity index (χ4n) is 3.66. The van der Waals surface area contributed by atoms with E-state index in [1.807, 2.05) is 36.4 Å². The van der Waals surface area contributed by atoms with Gasteiger partial charge in [0.2, 0.25) is 0 Å². The number of piperidine rings is 1. The van der Waals surface area contributed by atoms with Crippen molar-refractivity contribution in [2.45, 2.75) is 18.9 Å². The molecule has 0 aliphatic carbocycles. The van der Waals surface area contributed by atoms with Gasteiger partial charge in [-0.2, -0.15) is 0 Å². The van der Waals surface area contributed by atoms with Crippen LogP contribution in [0.5, 0.6) is 0 Å². The largest absolute Gasteiger partial charge is 0.423 e. The van der Waals surface area contributed by atoms with Crippen molar-refractivity contribution in [2.24, 2.45) is 0 Å². The Kier molecular flexibility index (Phi) is 5.53. The summed E-state index contributed by atoms with van der Waals surface area (Å²) in [5.41, 5.74) is 2.00. The number of nitrogens with zero attached hydrogens (tertiary/aromatic N) is 1. The number of likely N-dealkylation sites (tertiary alicyclic amines) is 1. The van der Waals surface area contributed by atoms with Crippen LogP contribution in [-0.2, 0) is 0 Å². The first kappa shape index (κ1) is 18.4. The summed E-state index contributed by atoms with van der Waals surface area (Å²) in [4.78, 5) is 14.2. The van der Waals surface area contributed by atoms with E-state index in [1.54, 1.807) is 6.07 Å². The van der Waals surface area contributed by atoms with Gasteiger partial charge < -0.3 is 9.73 Å². The second-order valence-electron chi connectivity index (χ2n) is 7.15. The van der Waals surface area contributed by atoms with E-state index in [0.29, 0.717) is 11.6 Å². The highest BCUT2D eigenvalue weighted by Gasteiger charge is 2.19. The van der Waals surface area contributed by atoms with E-state index < -0.39 is 0 Å². The molecular weight excluding hydrogens is 355 g/mol. The zero-order valence-electron chi connectivity index (χ0n) is 15.6. The Balaban J connectivity index is 1.33. The molecule has 4 nitrogen and oxygen atoms in total. The molecule has 144 valence electrons. The first-order valence-electron chi connectivity index (χ1n) is 9.61. The Morgan fingerprint density at radius 1 is 1.11 bits per heavy atom. The van der Waals surface area contributed by atoms with Gasteiger partial charge in [-0.3, -0.25) is 4.90 Å². The Labute approximate surface area is 163 Å². The molecule has 1 fully saturated rings. The van der Waals surface area contributed by atoms with E-state index in [2.05, 4.69) is 16.3 Å². The first-order chi connectivity index (χ1) is 13.7. The lowest BCUT2D eigenvalue weighted by Crippen LogP contribution is -2.39. The van der Waals surface area contributed by atoms with Crippen molar-refractivity contribution in [2.75, 3.05) is 25.0 Å². The SMILES string of the molecule is O=c1cc(NC2CCN(CC=Cc3cccc(F)c3)CC2)c2ccccc2o1. The molecule has 4 rings (SSSR count). The van der Waals surface area contributed by atoms with Gasteiger partial charge in [-0.05, 0) is 42.7 Å². The first-order valence-corrected chi connectivity index (χ1v) is 9.61. The number of fused-ring (bicyclic) bond motifs is 1. The third-order valence-electron chi connectivity index (χ3n) is 5.12. The topological polar surface area (TPSA) is 45.5 Å². The molecule has 0 bridgehead atoms. The number of hydrogen-bond acceptors (Lipinski definition) is 4. The van der Waals surface area contributed by atoms with Gasteiger partial charge >= 0.3 is 5.63 Å². The summed E-state index contributed by atoms with van der Waals surface area (Å²) in [7, 11) is 0. The highest BCUT2D eigenvalue weighted by molar-refractivity contribution is 5.89. The van der Waals surface area contributed by atoms with Gasteiger partial charge in [-0.1, -0.05) is 36.4 Å². The van der Waals surface area contributed by atoms with Crippen molar-refractivity contribution in [3.63, 3.8) is 0 Å². The van der Waals surface area contributed by atoms with Crippen LogP contribution in [0.1, 0.15) is 18.4 Å². The number of anilines is 1. The summed E-state index contributed by atoms with van der Waals surface area (Å²) in [5, 5.41) is 4.46. The number of hydrogen-bond donors (Lipinski definition) is 1. The van der Waals surface area contributed by atoms with Crippen molar-refractivity contribution < 1.29 is 8.81 Å². The molecule has 0 atom stereocenters. The average Bonchev–Trinajstić information content (AvgIpc) is 2.69. The van der Waals surface area contributed by atoms with Crippen molar-refractivity contribution in [3.8, 4) is 0 Å². The molecule has 1 saturated heterocycles. The van der Waals surface area contributed by atoms with Crippen LogP contribution in [0.3, 0.4) is 0 Å². The number of para-hydroxylation sites is 1. The minimum Gasteiger partial charge on any atom is -0.423 e. The van der Waals surface area contributed by atoms with E-state index in [0.717, 1.165) is 49.1 Å². The van der Waals surface area contributed by atoms with Crippen LogP contribution in [0.25, 0.3) is 17.0 Å². The van der Waals surface area contributed by atoms with Crippen molar-refractivity contribution in [1.29, 1.82) is 0 Å². The van der Waals surface area contributed by atoms with Crippen LogP contribution in [0.2, 0.25) is 0 Å². The predicted molar refractivity (Wildman–Crippen MR) is 111 cm³/mol. The number of rotatable bonds is 5. The van der Waals surface area contributed by atoms with Gasteiger partial charge in [0, 0.05) is 37.1 Å². The highest BCUT2D eigenvalue weighted by atomic mass is 19.1. The molecule has 5 heteroatoms. The molecule has 1 aliphatic heterocycles. The summed E-state index contributed by atoms with van der Waals surface area (Å²) < 4.78 is 18.5. The molecule has 0 unspecified atom stereocenters. The van der Waals surface area contributed by atoms with Crippen LogP contribution in [0, 0.1) is 5.82 Å². The highest BCUT2D eigenvalue weighted by Crippen LogP contribution is 2.24.